The van der Waals surface area contributed by atoms with Crippen molar-refractivity contribution in [2.75, 3.05) is 13.1 Å². The Hall–Kier alpha value is -2.28. The molecule has 0 spiro atoms. The Balaban J connectivity index is 1.35. The predicted molar refractivity (Wildman–Crippen MR) is 93.5 cm³/mol. The van der Waals surface area contributed by atoms with Gasteiger partial charge < -0.3 is 15.2 Å². The molecule has 1 aliphatic heterocycles. The lowest BCUT2D eigenvalue weighted by Gasteiger charge is -2.18. The van der Waals surface area contributed by atoms with Crippen LogP contribution in [0.4, 0.5) is 4.39 Å². The smallest absolute Gasteiger partial charge is 0.227 e. The number of nitrogens with zero attached hydrogens (tertiary/aromatic N) is 3. The van der Waals surface area contributed by atoms with Crippen LogP contribution in [0.25, 0.3) is 11.4 Å². The molecule has 26 heavy (non-hydrogen) atoms. The van der Waals surface area contributed by atoms with Crippen molar-refractivity contribution >= 4 is 5.91 Å². The fourth-order valence-electron chi connectivity index (χ4n) is 4.14. The van der Waals surface area contributed by atoms with Gasteiger partial charge >= 0.3 is 0 Å². The van der Waals surface area contributed by atoms with E-state index < -0.39 is 0 Å². The third-order valence-electron chi connectivity index (χ3n) is 5.70. The molecule has 6 nitrogen and oxygen atoms in total. The van der Waals surface area contributed by atoms with Crippen molar-refractivity contribution in [3.8, 4) is 11.4 Å². The van der Waals surface area contributed by atoms with Crippen LogP contribution in [-0.4, -0.2) is 40.1 Å². The van der Waals surface area contributed by atoms with Crippen molar-refractivity contribution in [1.82, 2.24) is 15.0 Å². The van der Waals surface area contributed by atoms with Gasteiger partial charge in [0, 0.05) is 37.5 Å². The molecule has 2 aliphatic rings. The van der Waals surface area contributed by atoms with Crippen molar-refractivity contribution in [2.24, 2.45) is 17.6 Å². The number of carbonyl (C=O) groups is 1. The molecule has 2 aromatic rings. The monoisotopic (exact) mass is 358 g/mol. The van der Waals surface area contributed by atoms with Crippen molar-refractivity contribution in [1.29, 1.82) is 0 Å². The van der Waals surface area contributed by atoms with E-state index in [2.05, 4.69) is 10.1 Å². The average molecular weight is 358 g/mol. The van der Waals surface area contributed by atoms with Crippen molar-refractivity contribution in [3.05, 3.63) is 35.5 Å². The highest BCUT2D eigenvalue weighted by molar-refractivity contribution is 5.76. The number of carbonyl (C=O) groups excluding carboxylic acids is 1. The number of nitrogens with two attached hydrogens (primary N) is 1. The molecule has 3 atom stereocenters. The van der Waals surface area contributed by atoms with Crippen LogP contribution < -0.4 is 5.73 Å². The Bertz CT molecular complexity index is 822. The van der Waals surface area contributed by atoms with Gasteiger partial charge in [0.15, 0.2) is 0 Å². The third kappa shape index (κ3) is 3.23. The minimum Gasteiger partial charge on any atom is -0.342 e. The average Bonchev–Trinajstić information content (AvgIpc) is 3.33. The first-order valence-electron chi connectivity index (χ1n) is 9.13. The van der Waals surface area contributed by atoms with E-state index in [1.807, 2.05) is 4.90 Å². The number of halogens is 1. The van der Waals surface area contributed by atoms with Gasteiger partial charge in [0.05, 0.1) is 0 Å². The van der Waals surface area contributed by atoms with Crippen molar-refractivity contribution in [2.45, 2.75) is 38.6 Å². The van der Waals surface area contributed by atoms with E-state index in [-0.39, 0.29) is 17.8 Å². The molecular formula is C19H23FN4O2. The maximum absolute atomic E-state index is 13.4. The number of hydrogen-bond acceptors (Lipinski definition) is 5. The summed E-state index contributed by atoms with van der Waals surface area (Å²) in [6, 6.07) is 4.92. The number of fused-ring (bicyclic) bond motifs is 1. The van der Waals surface area contributed by atoms with Crippen LogP contribution in [0.15, 0.2) is 22.7 Å². The van der Waals surface area contributed by atoms with Crippen LogP contribution in [0.5, 0.6) is 0 Å². The van der Waals surface area contributed by atoms with Gasteiger partial charge in [-0.1, -0.05) is 5.16 Å². The molecule has 7 heteroatoms. The quantitative estimate of drug-likeness (QED) is 0.906. The summed E-state index contributed by atoms with van der Waals surface area (Å²) < 4.78 is 18.6. The zero-order valence-electron chi connectivity index (χ0n) is 14.8. The number of likely N-dealkylation sites (tertiary alicyclic amines) is 1. The largest absolute Gasteiger partial charge is 0.342 e. The standard InChI is InChI=1S/C19H23FN4O2/c1-11-8-12(2-4-15(11)20)19-22-17(26-23-19)6-7-18(25)24-9-13-3-5-16(21)14(13)10-24/h2,4,8,13-14,16H,3,5-7,9-10,21H2,1H3. The van der Waals surface area contributed by atoms with E-state index in [4.69, 9.17) is 10.3 Å². The summed E-state index contributed by atoms with van der Waals surface area (Å²) in [6.45, 7) is 3.28. The number of benzene rings is 1. The zero-order valence-corrected chi connectivity index (χ0v) is 14.8. The number of rotatable bonds is 4. The second-order valence-corrected chi connectivity index (χ2v) is 7.44. The van der Waals surface area contributed by atoms with E-state index in [1.165, 1.54) is 6.07 Å². The summed E-state index contributed by atoms with van der Waals surface area (Å²) >= 11 is 0. The van der Waals surface area contributed by atoms with Crippen LogP contribution in [0.1, 0.15) is 30.7 Å². The van der Waals surface area contributed by atoms with Gasteiger partial charge in [-0.25, -0.2) is 4.39 Å². The first-order valence-corrected chi connectivity index (χ1v) is 9.13. The molecule has 1 amide bonds. The van der Waals surface area contributed by atoms with E-state index in [0.29, 0.717) is 47.5 Å². The highest BCUT2D eigenvalue weighted by Gasteiger charge is 2.42. The Morgan fingerprint density at radius 2 is 2.23 bits per heavy atom. The van der Waals surface area contributed by atoms with Gasteiger partial charge in [-0.3, -0.25) is 4.79 Å². The van der Waals surface area contributed by atoms with E-state index in [9.17, 15) is 9.18 Å². The Kier molecular flexibility index (Phi) is 4.48. The predicted octanol–water partition coefficient (Wildman–Crippen LogP) is 2.31. The van der Waals surface area contributed by atoms with Gasteiger partial charge in [-0.15, -0.1) is 0 Å². The van der Waals surface area contributed by atoms with E-state index in [0.717, 1.165) is 25.9 Å². The molecule has 1 aliphatic carbocycles. The second kappa shape index (κ2) is 6.79. The highest BCUT2D eigenvalue weighted by Crippen LogP contribution is 2.37. The minimum absolute atomic E-state index is 0.115. The Labute approximate surface area is 151 Å². The fraction of sp³-hybridized carbons (Fsp3) is 0.526. The fourth-order valence-corrected chi connectivity index (χ4v) is 4.14. The minimum atomic E-state index is -0.266. The SMILES string of the molecule is Cc1cc(-c2noc(CCC(=O)N3CC4CCC(N)C4C3)n2)ccc1F. The molecule has 2 heterocycles. The molecule has 0 radical (unpaired) electrons. The van der Waals surface area contributed by atoms with Gasteiger partial charge in [-0.05, 0) is 55.4 Å². The molecule has 1 saturated carbocycles. The van der Waals surface area contributed by atoms with Gasteiger partial charge in [0.1, 0.15) is 5.82 Å². The maximum Gasteiger partial charge on any atom is 0.227 e. The number of aryl methyl sites for hydroxylation is 2. The van der Waals surface area contributed by atoms with Crippen LogP contribution in [0.2, 0.25) is 0 Å². The first kappa shape index (κ1) is 17.1. The Morgan fingerprint density at radius 3 is 3.00 bits per heavy atom. The topological polar surface area (TPSA) is 85.2 Å². The summed E-state index contributed by atoms with van der Waals surface area (Å²) in [5.41, 5.74) is 7.36. The molecule has 1 saturated heterocycles. The molecule has 2 fully saturated rings. The lowest BCUT2D eigenvalue weighted by atomic mass is 9.98. The third-order valence-corrected chi connectivity index (χ3v) is 5.70. The molecule has 4 rings (SSSR count). The summed E-state index contributed by atoms with van der Waals surface area (Å²) in [7, 11) is 0. The molecule has 2 N–H and O–H groups in total. The summed E-state index contributed by atoms with van der Waals surface area (Å²) in [5.74, 6) is 1.70. The lowest BCUT2D eigenvalue weighted by molar-refractivity contribution is -0.130. The van der Waals surface area contributed by atoms with Gasteiger partial charge in [0.25, 0.3) is 0 Å². The lowest BCUT2D eigenvalue weighted by Crippen LogP contribution is -2.33. The first-order chi connectivity index (χ1) is 12.5. The summed E-state index contributed by atoms with van der Waals surface area (Å²) in [6.07, 6.45) is 2.95. The summed E-state index contributed by atoms with van der Waals surface area (Å²) in [4.78, 5) is 18.7. The normalized spacial score (nSPS) is 24.9. The summed E-state index contributed by atoms with van der Waals surface area (Å²) in [5, 5.41) is 3.94. The van der Waals surface area contributed by atoms with E-state index >= 15 is 0 Å². The molecule has 0 bridgehead atoms. The van der Waals surface area contributed by atoms with Crippen LogP contribution in [0, 0.1) is 24.6 Å². The van der Waals surface area contributed by atoms with Crippen molar-refractivity contribution < 1.29 is 13.7 Å². The number of amides is 1. The molecule has 3 unspecified atom stereocenters. The molecule has 1 aromatic heterocycles. The zero-order chi connectivity index (χ0) is 18.3. The van der Waals surface area contributed by atoms with Crippen LogP contribution in [-0.2, 0) is 11.2 Å². The molecule has 138 valence electrons. The highest BCUT2D eigenvalue weighted by atomic mass is 19.1. The molecule has 1 aromatic carbocycles. The maximum atomic E-state index is 13.4. The van der Waals surface area contributed by atoms with Gasteiger partial charge in [0.2, 0.25) is 17.6 Å². The number of hydrogen-bond donors (Lipinski definition) is 1. The van der Waals surface area contributed by atoms with Crippen LogP contribution >= 0.6 is 0 Å². The van der Waals surface area contributed by atoms with Gasteiger partial charge in [-0.2, -0.15) is 4.98 Å². The van der Waals surface area contributed by atoms with Crippen molar-refractivity contribution in [3.63, 3.8) is 0 Å². The second-order valence-electron chi connectivity index (χ2n) is 7.44. The Morgan fingerprint density at radius 1 is 1.38 bits per heavy atom. The number of aromatic nitrogens is 2. The molecular weight excluding hydrogens is 335 g/mol. The van der Waals surface area contributed by atoms with E-state index in [1.54, 1.807) is 19.1 Å². The van der Waals surface area contributed by atoms with Crippen LogP contribution in [0.3, 0.4) is 0 Å².